The largest absolute Gasteiger partial charge is 0.360 e. The first-order valence-electron chi connectivity index (χ1n) is 6.15. The Morgan fingerprint density at radius 1 is 1.14 bits per heavy atom. The van der Waals surface area contributed by atoms with Crippen LogP contribution in [0.2, 0.25) is 0 Å². The Kier molecular flexibility index (Phi) is 4.38. The molecule has 2 aromatic rings. The van der Waals surface area contributed by atoms with Crippen molar-refractivity contribution < 1.29 is 21.4 Å². The van der Waals surface area contributed by atoms with Crippen LogP contribution in [0.1, 0.15) is 17.0 Å². The van der Waals surface area contributed by atoms with Gasteiger partial charge in [0, 0.05) is 6.54 Å². The molecule has 8 nitrogen and oxygen atoms in total. The van der Waals surface area contributed by atoms with E-state index in [0.29, 0.717) is 5.56 Å². The van der Waals surface area contributed by atoms with Crippen LogP contribution in [0.15, 0.2) is 38.6 Å². The zero-order valence-corrected chi connectivity index (χ0v) is 13.5. The third-order valence-corrected chi connectivity index (χ3v) is 5.53. The first-order chi connectivity index (χ1) is 10.1. The number of benzene rings is 1. The number of primary sulfonamides is 1. The number of hydrogen-bond donors (Lipinski definition) is 2. The SMILES string of the molecule is Cc1noc(C)c1S(=O)(=O)NCc1ccc(S(N)(=O)=O)cc1. The van der Waals surface area contributed by atoms with E-state index >= 15 is 0 Å². The Hall–Kier alpha value is -1.75. The monoisotopic (exact) mass is 345 g/mol. The van der Waals surface area contributed by atoms with Gasteiger partial charge in [-0.3, -0.25) is 0 Å². The molecule has 0 radical (unpaired) electrons. The van der Waals surface area contributed by atoms with Gasteiger partial charge in [-0.15, -0.1) is 0 Å². The standard InChI is InChI=1S/C12H15N3O5S2/c1-8-12(9(2)20-15-8)22(18,19)14-7-10-3-5-11(6-4-10)21(13,16)17/h3-6,14H,7H2,1-2H3,(H2,13,16,17). The van der Waals surface area contributed by atoms with Crippen LogP contribution in [-0.4, -0.2) is 22.0 Å². The second-order valence-electron chi connectivity index (χ2n) is 4.67. The molecule has 2 rings (SSSR count). The Labute approximate surface area is 128 Å². The summed E-state index contributed by atoms with van der Waals surface area (Å²) in [4.78, 5) is -0.0292. The van der Waals surface area contributed by atoms with Crippen molar-refractivity contribution in [2.75, 3.05) is 0 Å². The minimum absolute atomic E-state index is 0.00269. The molecule has 3 N–H and O–H groups in total. The first-order valence-corrected chi connectivity index (χ1v) is 9.18. The van der Waals surface area contributed by atoms with E-state index in [4.69, 9.17) is 9.66 Å². The molecule has 1 aromatic carbocycles. The van der Waals surface area contributed by atoms with E-state index in [1.807, 2.05) is 0 Å². The van der Waals surface area contributed by atoms with Crippen molar-refractivity contribution in [3.05, 3.63) is 41.3 Å². The molecule has 0 aliphatic heterocycles. The number of aromatic nitrogens is 1. The maximum atomic E-state index is 12.2. The van der Waals surface area contributed by atoms with Crippen molar-refractivity contribution in [1.29, 1.82) is 0 Å². The van der Waals surface area contributed by atoms with Crippen molar-refractivity contribution >= 4 is 20.0 Å². The topological polar surface area (TPSA) is 132 Å². The van der Waals surface area contributed by atoms with Crippen LogP contribution in [0.3, 0.4) is 0 Å². The van der Waals surface area contributed by atoms with Gasteiger partial charge in [-0.1, -0.05) is 17.3 Å². The quantitative estimate of drug-likeness (QED) is 0.807. The summed E-state index contributed by atoms with van der Waals surface area (Å²) < 4.78 is 53.9. The van der Waals surface area contributed by atoms with E-state index in [-0.39, 0.29) is 27.8 Å². The van der Waals surface area contributed by atoms with Crippen LogP contribution in [0.4, 0.5) is 0 Å². The predicted octanol–water partition coefficient (Wildman–Crippen LogP) is 0.417. The molecule has 120 valence electrons. The van der Waals surface area contributed by atoms with Gasteiger partial charge in [-0.25, -0.2) is 26.7 Å². The van der Waals surface area contributed by atoms with Crippen LogP contribution in [0.25, 0.3) is 0 Å². The summed E-state index contributed by atoms with van der Waals surface area (Å²) in [5.41, 5.74) is 0.859. The number of nitrogens with one attached hydrogen (secondary N) is 1. The van der Waals surface area contributed by atoms with Crippen LogP contribution in [0.5, 0.6) is 0 Å². The molecule has 1 heterocycles. The van der Waals surface area contributed by atoms with Gasteiger partial charge in [0.05, 0.1) is 4.90 Å². The summed E-state index contributed by atoms with van der Waals surface area (Å²) in [6.45, 7) is 3.04. The molecular weight excluding hydrogens is 330 g/mol. The molecule has 22 heavy (non-hydrogen) atoms. The van der Waals surface area contributed by atoms with E-state index in [1.165, 1.54) is 38.1 Å². The molecule has 0 aliphatic rings. The zero-order valence-electron chi connectivity index (χ0n) is 11.9. The summed E-state index contributed by atoms with van der Waals surface area (Å²) in [6, 6.07) is 5.59. The minimum atomic E-state index is -3.77. The fourth-order valence-electron chi connectivity index (χ4n) is 1.91. The average molecular weight is 345 g/mol. The summed E-state index contributed by atoms with van der Waals surface area (Å²) >= 11 is 0. The molecule has 0 fully saturated rings. The molecule has 0 spiro atoms. The number of rotatable bonds is 5. The van der Waals surface area contributed by atoms with Gasteiger partial charge < -0.3 is 4.52 Å². The highest BCUT2D eigenvalue weighted by Crippen LogP contribution is 2.19. The maximum Gasteiger partial charge on any atom is 0.246 e. The van der Waals surface area contributed by atoms with Crippen LogP contribution < -0.4 is 9.86 Å². The molecule has 0 saturated heterocycles. The average Bonchev–Trinajstić information content (AvgIpc) is 2.76. The number of aryl methyl sites for hydroxylation is 2. The zero-order chi connectivity index (χ0) is 16.5. The number of nitrogens with two attached hydrogens (primary N) is 1. The fraction of sp³-hybridized carbons (Fsp3) is 0.250. The van der Waals surface area contributed by atoms with E-state index in [2.05, 4.69) is 9.88 Å². The van der Waals surface area contributed by atoms with Crippen LogP contribution in [0, 0.1) is 13.8 Å². The third kappa shape index (κ3) is 3.53. The highest BCUT2D eigenvalue weighted by molar-refractivity contribution is 7.89. The Balaban J connectivity index is 2.16. The normalized spacial score (nSPS) is 12.5. The molecule has 0 bridgehead atoms. The lowest BCUT2D eigenvalue weighted by Crippen LogP contribution is -2.24. The van der Waals surface area contributed by atoms with Crippen molar-refractivity contribution in [3.8, 4) is 0 Å². The van der Waals surface area contributed by atoms with Crippen molar-refractivity contribution in [1.82, 2.24) is 9.88 Å². The lowest BCUT2D eigenvalue weighted by molar-refractivity contribution is 0.390. The summed E-state index contributed by atoms with van der Waals surface area (Å²) in [6.07, 6.45) is 0. The second-order valence-corrected chi connectivity index (χ2v) is 7.93. The van der Waals surface area contributed by atoms with E-state index in [9.17, 15) is 16.8 Å². The van der Waals surface area contributed by atoms with E-state index in [0.717, 1.165) is 0 Å². The predicted molar refractivity (Wildman–Crippen MR) is 77.8 cm³/mol. The fourth-order valence-corrected chi connectivity index (χ4v) is 3.76. The maximum absolute atomic E-state index is 12.2. The Morgan fingerprint density at radius 2 is 1.73 bits per heavy atom. The number of nitrogens with zero attached hydrogens (tertiary/aromatic N) is 1. The van der Waals surface area contributed by atoms with Crippen LogP contribution >= 0.6 is 0 Å². The first kappa shape index (κ1) is 16.6. The summed E-state index contributed by atoms with van der Waals surface area (Å²) in [5.74, 6) is 0.203. The Bertz CT molecular complexity index is 864. The number of hydrogen-bond acceptors (Lipinski definition) is 6. The highest BCUT2D eigenvalue weighted by atomic mass is 32.2. The minimum Gasteiger partial charge on any atom is -0.360 e. The number of sulfonamides is 2. The van der Waals surface area contributed by atoms with Crippen molar-refractivity contribution in [3.63, 3.8) is 0 Å². The molecule has 1 aromatic heterocycles. The lowest BCUT2D eigenvalue weighted by atomic mass is 10.2. The van der Waals surface area contributed by atoms with Gasteiger partial charge >= 0.3 is 0 Å². The molecule has 0 unspecified atom stereocenters. The van der Waals surface area contributed by atoms with Crippen LogP contribution in [-0.2, 0) is 26.6 Å². The van der Waals surface area contributed by atoms with Crippen molar-refractivity contribution in [2.24, 2.45) is 5.14 Å². The molecule has 10 heteroatoms. The lowest BCUT2D eigenvalue weighted by Gasteiger charge is -2.07. The Morgan fingerprint density at radius 3 is 2.18 bits per heavy atom. The highest BCUT2D eigenvalue weighted by Gasteiger charge is 2.23. The van der Waals surface area contributed by atoms with E-state index < -0.39 is 20.0 Å². The third-order valence-electron chi connectivity index (χ3n) is 2.95. The molecule has 0 amide bonds. The van der Waals surface area contributed by atoms with E-state index in [1.54, 1.807) is 0 Å². The van der Waals surface area contributed by atoms with Gasteiger partial charge in [-0.2, -0.15) is 0 Å². The molecule has 0 saturated carbocycles. The van der Waals surface area contributed by atoms with Crippen molar-refractivity contribution in [2.45, 2.75) is 30.2 Å². The molecule has 0 atom stereocenters. The van der Waals surface area contributed by atoms with Gasteiger partial charge in [0.15, 0.2) is 5.76 Å². The van der Waals surface area contributed by atoms with Gasteiger partial charge in [-0.05, 0) is 31.5 Å². The van der Waals surface area contributed by atoms with Gasteiger partial charge in [0.2, 0.25) is 20.0 Å². The smallest absolute Gasteiger partial charge is 0.246 e. The van der Waals surface area contributed by atoms with Gasteiger partial charge in [0.25, 0.3) is 0 Å². The second kappa shape index (κ2) is 5.80. The molecule has 0 aliphatic carbocycles. The molecular formula is C12H15N3O5S2. The summed E-state index contributed by atoms with van der Waals surface area (Å²) in [7, 11) is -7.53. The summed E-state index contributed by atoms with van der Waals surface area (Å²) in [5, 5.41) is 8.59. The van der Waals surface area contributed by atoms with Gasteiger partial charge in [0.1, 0.15) is 10.6 Å².